The van der Waals surface area contributed by atoms with E-state index < -0.39 is 0 Å². The van der Waals surface area contributed by atoms with E-state index in [2.05, 4.69) is 45.3 Å². The normalized spacial score (nSPS) is 8.13. The molecule has 0 aliphatic rings. The number of methoxy groups -OCH3 is 4. The van der Waals surface area contributed by atoms with Gasteiger partial charge < -0.3 is 18.9 Å². The third-order valence-electron chi connectivity index (χ3n) is 0.983. The van der Waals surface area contributed by atoms with Crippen molar-refractivity contribution in [2.75, 3.05) is 54.9 Å². The van der Waals surface area contributed by atoms with Gasteiger partial charge in [0.2, 0.25) is 0 Å². The van der Waals surface area contributed by atoms with Gasteiger partial charge in [-0.25, -0.2) is 0 Å². The van der Waals surface area contributed by atoms with Crippen LogP contribution in [0.2, 0.25) is 0 Å². The molecule has 0 aromatic rings. The summed E-state index contributed by atoms with van der Waals surface area (Å²) in [4.78, 5) is 0. The SMILES string of the molecule is COCCOC.COCCOC.[Br][Ti][Br]. The summed E-state index contributed by atoms with van der Waals surface area (Å²) in [6, 6.07) is 0. The predicted octanol–water partition coefficient (Wildman–Crippen LogP) is 2.25. The molecule has 0 rings (SSSR count). The molecule has 0 aromatic heterocycles. The molecule has 0 amide bonds. The van der Waals surface area contributed by atoms with Crippen molar-refractivity contribution in [1.29, 1.82) is 0 Å². The van der Waals surface area contributed by atoms with Gasteiger partial charge in [-0.05, 0) is 0 Å². The maximum atomic E-state index is 4.66. The second-order valence-electron chi connectivity index (χ2n) is 2.04. The van der Waals surface area contributed by atoms with Crippen LogP contribution < -0.4 is 0 Å². The van der Waals surface area contributed by atoms with E-state index in [0.29, 0.717) is 26.4 Å². The molecule has 7 heteroatoms. The Bertz CT molecular complexity index is 65.7. The zero-order valence-electron chi connectivity index (χ0n) is 9.72. The van der Waals surface area contributed by atoms with E-state index >= 15 is 0 Å². The first-order valence-corrected chi connectivity index (χ1v) is 11.9. The van der Waals surface area contributed by atoms with Crippen molar-refractivity contribution in [1.82, 2.24) is 0 Å². The van der Waals surface area contributed by atoms with E-state index in [1.54, 1.807) is 28.4 Å². The first-order chi connectivity index (χ1) is 7.24. The fourth-order valence-electron chi connectivity index (χ4n) is 0.333. The van der Waals surface area contributed by atoms with Gasteiger partial charge in [-0.1, -0.05) is 0 Å². The maximum absolute atomic E-state index is 4.66. The van der Waals surface area contributed by atoms with Crippen LogP contribution in [-0.2, 0) is 33.9 Å². The molecule has 0 heterocycles. The minimum atomic E-state index is 0.125. The van der Waals surface area contributed by atoms with Gasteiger partial charge in [0, 0.05) is 28.4 Å². The molecule has 94 valence electrons. The second kappa shape index (κ2) is 29.6. The van der Waals surface area contributed by atoms with Crippen molar-refractivity contribution < 1.29 is 33.9 Å². The number of rotatable bonds is 6. The Morgan fingerprint density at radius 3 is 0.867 bits per heavy atom. The second-order valence-corrected chi connectivity index (χ2v) is 9.92. The molecular weight excluding hydrogens is 368 g/mol. The summed E-state index contributed by atoms with van der Waals surface area (Å²) in [5.74, 6) is 0. The molecule has 15 heavy (non-hydrogen) atoms. The molecule has 0 saturated carbocycles. The number of hydrogen-bond donors (Lipinski definition) is 0. The molecular formula is C8H20Br2O4Ti. The van der Waals surface area contributed by atoms with Gasteiger partial charge >= 0.3 is 41.3 Å². The van der Waals surface area contributed by atoms with Crippen molar-refractivity contribution in [3.8, 4) is 0 Å². The van der Waals surface area contributed by atoms with Crippen LogP contribution in [-0.4, -0.2) is 54.9 Å². The van der Waals surface area contributed by atoms with Crippen molar-refractivity contribution in [3.05, 3.63) is 0 Å². The summed E-state index contributed by atoms with van der Waals surface area (Å²) in [7, 11) is 6.61. The Hall–Kier alpha value is 1.51. The molecule has 0 fully saturated rings. The number of ether oxygens (including phenoxy) is 4. The Balaban J connectivity index is -0.000000153. The molecule has 0 atom stereocenters. The molecule has 0 radical (unpaired) electrons. The van der Waals surface area contributed by atoms with Crippen LogP contribution >= 0.6 is 26.3 Å². The van der Waals surface area contributed by atoms with E-state index in [4.69, 9.17) is 0 Å². The van der Waals surface area contributed by atoms with Crippen LogP contribution in [0.1, 0.15) is 0 Å². The molecule has 0 bridgehead atoms. The number of hydrogen-bond acceptors (Lipinski definition) is 4. The third-order valence-corrected chi connectivity index (χ3v) is 0.983. The monoisotopic (exact) mass is 386 g/mol. The van der Waals surface area contributed by atoms with Crippen molar-refractivity contribution in [2.45, 2.75) is 0 Å². The standard InChI is InChI=1S/2C4H10O2.2BrH.Ti/c2*1-5-3-4-6-2;;;/h2*3-4H2,1-2H3;2*1H;/q;;;;+2/p-2. The first kappa shape index (κ1) is 21.8. The Kier molecular flexibility index (Phi) is 42.9. The molecule has 0 aromatic carbocycles. The van der Waals surface area contributed by atoms with E-state index in [0.717, 1.165) is 0 Å². The first-order valence-electron chi connectivity index (χ1n) is 4.17. The molecule has 4 nitrogen and oxygen atoms in total. The van der Waals surface area contributed by atoms with Crippen molar-refractivity contribution >= 4 is 26.3 Å². The quantitative estimate of drug-likeness (QED) is 0.517. The van der Waals surface area contributed by atoms with Crippen LogP contribution in [0, 0.1) is 0 Å². The van der Waals surface area contributed by atoms with Gasteiger partial charge in [-0.2, -0.15) is 0 Å². The van der Waals surface area contributed by atoms with E-state index in [9.17, 15) is 0 Å². The Labute approximate surface area is 114 Å². The summed E-state index contributed by atoms with van der Waals surface area (Å²) >= 11 is 6.50. The zero-order chi connectivity index (χ0) is 12.4. The summed E-state index contributed by atoms with van der Waals surface area (Å²) < 4.78 is 18.6. The molecule has 0 N–H and O–H groups in total. The molecule has 0 aliphatic heterocycles. The van der Waals surface area contributed by atoms with E-state index in [-0.39, 0.29) is 15.0 Å². The van der Waals surface area contributed by atoms with E-state index in [1.807, 2.05) is 0 Å². The predicted molar refractivity (Wildman–Crippen MR) is 65.4 cm³/mol. The molecule has 0 unspecified atom stereocenters. The average Bonchev–Trinajstić information content (AvgIpc) is 2.25. The van der Waals surface area contributed by atoms with E-state index in [1.165, 1.54) is 0 Å². The summed E-state index contributed by atoms with van der Waals surface area (Å²) in [5, 5.41) is 0. The van der Waals surface area contributed by atoms with Gasteiger partial charge in [0.05, 0.1) is 26.4 Å². The molecule has 0 saturated heterocycles. The molecule has 0 spiro atoms. The van der Waals surface area contributed by atoms with Crippen LogP contribution in [0.5, 0.6) is 0 Å². The van der Waals surface area contributed by atoms with Crippen LogP contribution in [0.25, 0.3) is 0 Å². The Morgan fingerprint density at radius 2 is 0.800 bits per heavy atom. The molecule has 0 aliphatic carbocycles. The van der Waals surface area contributed by atoms with Crippen LogP contribution in [0.3, 0.4) is 0 Å². The zero-order valence-corrected chi connectivity index (χ0v) is 14.5. The van der Waals surface area contributed by atoms with Gasteiger partial charge in [0.1, 0.15) is 0 Å². The summed E-state index contributed by atoms with van der Waals surface area (Å²) in [6.07, 6.45) is 0. The fourth-order valence-corrected chi connectivity index (χ4v) is 0.333. The summed E-state index contributed by atoms with van der Waals surface area (Å²) in [6.45, 7) is 2.76. The summed E-state index contributed by atoms with van der Waals surface area (Å²) in [5.41, 5.74) is 0. The van der Waals surface area contributed by atoms with Gasteiger partial charge in [-0.15, -0.1) is 0 Å². The topological polar surface area (TPSA) is 36.9 Å². The number of halogens is 2. The average molecular weight is 388 g/mol. The van der Waals surface area contributed by atoms with Gasteiger partial charge in [-0.3, -0.25) is 0 Å². The van der Waals surface area contributed by atoms with Crippen molar-refractivity contribution in [3.63, 3.8) is 0 Å². The van der Waals surface area contributed by atoms with Crippen molar-refractivity contribution in [2.24, 2.45) is 0 Å². The van der Waals surface area contributed by atoms with Gasteiger partial charge in [0.15, 0.2) is 0 Å². The van der Waals surface area contributed by atoms with Gasteiger partial charge in [0.25, 0.3) is 0 Å². The third kappa shape index (κ3) is 50.2. The van der Waals surface area contributed by atoms with Crippen LogP contribution in [0.15, 0.2) is 0 Å². The Morgan fingerprint density at radius 1 is 0.667 bits per heavy atom. The fraction of sp³-hybridized carbons (Fsp3) is 1.00. The van der Waals surface area contributed by atoms with Crippen LogP contribution in [0.4, 0.5) is 0 Å². The minimum absolute atomic E-state index is 0.125.